The van der Waals surface area contributed by atoms with Crippen LogP contribution in [0.15, 0.2) is 12.4 Å². The number of aryl methyl sites for hydroxylation is 1. The Labute approximate surface area is 155 Å². The van der Waals surface area contributed by atoms with Crippen molar-refractivity contribution in [1.29, 1.82) is 0 Å². The predicted octanol–water partition coefficient (Wildman–Crippen LogP) is 1.09. The molecule has 2 unspecified atom stereocenters. The normalized spacial score (nSPS) is 20.4. The van der Waals surface area contributed by atoms with Crippen molar-refractivity contribution in [3.8, 4) is 0 Å². The highest BCUT2D eigenvalue weighted by molar-refractivity contribution is 5.89. The van der Waals surface area contributed by atoms with Crippen molar-refractivity contribution in [2.45, 2.75) is 30.8 Å². The number of amides is 2. The first-order valence-electron chi connectivity index (χ1n) is 8.14. The lowest BCUT2D eigenvalue weighted by Gasteiger charge is -2.30. The molecule has 1 aromatic rings. The molecule has 2 heterocycles. The first kappa shape index (κ1) is 22.0. The van der Waals surface area contributed by atoms with E-state index < -0.39 is 74.0 Å². The third-order valence-electron chi connectivity index (χ3n) is 4.40. The predicted molar refractivity (Wildman–Crippen MR) is 81.5 cm³/mol. The highest BCUT2D eigenvalue weighted by atomic mass is 19.4. The van der Waals surface area contributed by atoms with Gasteiger partial charge in [0.25, 0.3) is 0 Å². The Balaban J connectivity index is 1.97. The van der Waals surface area contributed by atoms with E-state index in [0.717, 1.165) is 10.8 Å². The van der Waals surface area contributed by atoms with Gasteiger partial charge < -0.3 is 19.9 Å². The molecule has 2 rings (SSSR count). The molecule has 1 fully saturated rings. The van der Waals surface area contributed by atoms with Gasteiger partial charge in [0, 0.05) is 45.4 Å². The summed E-state index contributed by atoms with van der Waals surface area (Å²) in [5.74, 6) is -3.50. The Morgan fingerprint density at radius 3 is 2.46 bits per heavy atom. The highest BCUT2D eigenvalue weighted by Crippen LogP contribution is 2.40. The Kier molecular flexibility index (Phi) is 5.97. The zero-order valence-corrected chi connectivity index (χ0v) is 14.6. The van der Waals surface area contributed by atoms with Crippen molar-refractivity contribution >= 4 is 11.8 Å². The van der Waals surface area contributed by atoms with Crippen molar-refractivity contribution in [1.82, 2.24) is 19.8 Å². The molecule has 2 N–H and O–H groups in total. The summed E-state index contributed by atoms with van der Waals surface area (Å²) in [7, 11) is 1.26. The largest absolute Gasteiger partial charge is 0.424 e. The molecule has 158 valence electrons. The number of imidazole rings is 1. The fourth-order valence-corrected chi connectivity index (χ4v) is 2.97. The maximum atomic E-state index is 13.4. The summed E-state index contributed by atoms with van der Waals surface area (Å²) in [6.07, 6.45) is -8.84. The summed E-state index contributed by atoms with van der Waals surface area (Å²) in [5, 5.41) is 12.3. The number of nitrogens with zero attached hydrogens (tertiary/aromatic N) is 3. The highest BCUT2D eigenvalue weighted by Gasteiger charge is 2.57. The number of nitrogens with one attached hydrogen (secondary N) is 1. The number of aliphatic hydroxyl groups is 1. The number of aromatic nitrogens is 2. The molecular weight excluding hydrogens is 398 g/mol. The first-order chi connectivity index (χ1) is 12.7. The zero-order chi connectivity index (χ0) is 21.3. The van der Waals surface area contributed by atoms with Crippen LogP contribution in [0.25, 0.3) is 0 Å². The molecule has 2 atom stereocenters. The van der Waals surface area contributed by atoms with E-state index in [2.05, 4.69) is 10.3 Å². The monoisotopic (exact) mass is 416 g/mol. The molecule has 0 aromatic carbocycles. The van der Waals surface area contributed by atoms with E-state index in [1.807, 2.05) is 0 Å². The number of carbonyl (C=O) groups excluding carboxylic acids is 2. The number of likely N-dealkylation sites (tertiary alicyclic amines) is 1. The summed E-state index contributed by atoms with van der Waals surface area (Å²) in [5.41, 5.74) is -3.33. The Morgan fingerprint density at radius 1 is 1.32 bits per heavy atom. The topological polar surface area (TPSA) is 87.5 Å². The van der Waals surface area contributed by atoms with Crippen molar-refractivity contribution in [2.75, 3.05) is 19.6 Å². The van der Waals surface area contributed by atoms with Crippen LogP contribution in [-0.2, 0) is 22.2 Å². The van der Waals surface area contributed by atoms with Gasteiger partial charge in [-0.2, -0.15) is 26.3 Å². The molecule has 0 bridgehead atoms. The molecule has 1 aliphatic rings. The minimum atomic E-state index is -5.08. The first-order valence-corrected chi connectivity index (χ1v) is 8.14. The molecule has 1 saturated heterocycles. The second-order valence-electron chi connectivity index (χ2n) is 6.55. The van der Waals surface area contributed by atoms with Crippen molar-refractivity contribution < 1.29 is 41.0 Å². The van der Waals surface area contributed by atoms with Crippen LogP contribution in [0, 0.1) is 5.92 Å². The molecule has 0 saturated carbocycles. The molecule has 0 radical (unpaired) electrons. The van der Waals surface area contributed by atoms with Crippen LogP contribution in [0.3, 0.4) is 0 Å². The average Bonchev–Trinajstić information content (AvgIpc) is 3.11. The van der Waals surface area contributed by atoms with E-state index in [0.29, 0.717) is 4.90 Å². The van der Waals surface area contributed by atoms with Gasteiger partial charge in [-0.05, 0) is 0 Å². The lowest BCUT2D eigenvalue weighted by Crippen LogP contribution is -2.47. The van der Waals surface area contributed by atoms with Crippen molar-refractivity contribution in [2.24, 2.45) is 13.0 Å². The molecule has 7 nitrogen and oxygen atoms in total. The molecule has 28 heavy (non-hydrogen) atoms. The summed E-state index contributed by atoms with van der Waals surface area (Å²) in [6, 6.07) is 0. The summed E-state index contributed by atoms with van der Waals surface area (Å²) < 4.78 is 78.2. The van der Waals surface area contributed by atoms with E-state index in [1.54, 1.807) is 0 Å². The quantitative estimate of drug-likeness (QED) is 0.680. The van der Waals surface area contributed by atoms with Gasteiger partial charge in [0.2, 0.25) is 17.4 Å². The van der Waals surface area contributed by atoms with Crippen molar-refractivity contribution in [3.05, 3.63) is 18.2 Å². The van der Waals surface area contributed by atoms with Gasteiger partial charge in [-0.3, -0.25) is 9.59 Å². The Hall–Kier alpha value is -2.31. The molecule has 1 aliphatic heterocycles. The summed E-state index contributed by atoms with van der Waals surface area (Å²) >= 11 is 0. The van der Waals surface area contributed by atoms with E-state index >= 15 is 0 Å². The number of carbonyl (C=O) groups is 2. The minimum absolute atomic E-state index is 0.467. The maximum Gasteiger partial charge on any atom is 0.424 e. The second kappa shape index (κ2) is 7.60. The minimum Gasteiger partial charge on any atom is -0.374 e. The van der Waals surface area contributed by atoms with Crippen LogP contribution in [0.5, 0.6) is 0 Å². The van der Waals surface area contributed by atoms with Crippen LogP contribution in [-0.4, -0.2) is 63.4 Å². The van der Waals surface area contributed by atoms with Crippen LogP contribution in [0.4, 0.5) is 26.3 Å². The fourth-order valence-electron chi connectivity index (χ4n) is 2.97. The van der Waals surface area contributed by atoms with Gasteiger partial charge in [-0.15, -0.1) is 0 Å². The molecule has 0 spiro atoms. The van der Waals surface area contributed by atoms with Crippen molar-refractivity contribution in [3.63, 3.8) is 0 Å². The lowest BCUT2D eigenvalue weighted by molar-refractivity contribution is -0.272. The number of hydrogen-bond donors (Lipinski definition) is 2. The van der Waals surface area contributed by atoms with Gasteiger partial charge >= 0.3 is 12.4 Å². The number of alkyl halides is 6. The van der Waals surface area contributed by atoms with Gasteiger partial charge in [0.1, 0.15) is 12.4 Å². The van der Waals surface area contributed by atoms with E-state index in [-0.39, 0.29) is 0 Å². The number of halogens is 6. The smallest absolute Gasteiger partial charge is 0.374 e. The Bertz CT molecular complexity index is 732. The van der Waals surface area contributed by atoms with E-state index in [9.17, 15) is 41.0 Å². The number of hydrogen-bond acceptors (Lipinski definition) is 4. The van der Waals surface area contributed by atoms with Crippen LogP contribution in [0.1, 0.15) is 18.7 Å². The third kappa shape index (κ3) is 4.75. The molecule has 0 aliphatic carbocycles. The van der Waals surface area contributed by atoms with Gasteiger partial charge in [-0.1, -0.05) is 0 Å². The SMILES string of the molecule is Cn1ccnc1C(O)(CCNC(=O)C1CC(=O)N(CC(F)(F)F)C1)C(F)(F)F. The third-order valence-corrected chi connectivity index (χ3v) is 4.40. The Morgan fingerprint density at radius 2 is 1.96 bits per heavy atom. The molecule has 2 amide bonds. The van der Waals surface area contributed by atoms with Crippen LogP contribution in [0.2, 0.25) is 0 Å². The summed E-state index contributed by atoms with van der Waals surface area (Å²) in [6.45, 7) is -2.60. The number of rotatable bonds is 6. The molecular formula is C15H18F6N4O3. The zero-order valence-electron chi connectivity index (χ0n) is 14.6. The van der Waals surface area contributed by atoms with Crippen LogP contribution >= 0.6 is 0 Å². The summed E-state index contributed by atoms with van der Waals surface area (Å²) in [4.78, 5) is 27.6. The molecule has 1 aromatic heterocycles. The van der Waals surface area contributed by atoms with E-state index in [1.165, 1.54) is 13.2 Å². The molecule has 13 heteroatoms. The van der Waals surface area contributed by atoms with Gasteiger partial charge in [0.15, 0.2) is 0 Å². The standard InChI is InChI=1S/C15H18F6N4O3/c1-24-5-4-23-12(24)13(28,15(19,20)21)2-3-22-11(27)9-6-10(26)25(7-9)8-14(16,17)18/h4-5,9,28H,2-3,6-8H2,1H3,(H,22,27). The van der Waals surface area contributed by atoms with Crippen LogP contribution < -0.4 is 5.32 Å². The average molecular weight is 416 g/mol. The fraction of sp³-hybridized carbons (Fsp3) is 0.667. The van der Waals surface area contributed by atoms with Gasteiger partial charge in [-0.25, -0.2) is 4.98 Å². The lowest BCUT2D eigenvalue weighted by atomic mass is 9.97. The van der Waals surface area contributed by atoms with Gasteiger partial charge in [0.05, 0.1) is 5.92 Å². The second-order valence-corrected chi connectivity index (χ2v) is 6.55. The van der Waals surface area contributed by atoms with E-state index in [4.69, 9.17) is 0 Å². The maximum absolute atomic E-state index is 13.4.